The van der Waals surface area contributed by atoms with E-state index >= 15 is 0 Å². The summed E-state index contributed by atoms with van der Waals surface area (Å²) in [7, 11) is 0. The first-order valence-corrected chi connectivity index (χ1v) is 8.00. The second kappa shape index (κ2) is 7.25. The number of hydrogen-bond acceptors (Lipinski definition) is 3. The number of unbranched alkanes of at least 4 members (excludes halogenated alkanes) is 1. The molecule has 1 amide bonds. The van der Waals surface area contributed by atoms with Gasteiger partial charge in [0.25, 0.3) is 0 Å². The lowest BCUT2D eigenvalue weighted by molar-refractivity contribution is -0.150. The molecule has 0 aromatic rings. The van der Waals surface area contributed by atoms with Crippen LogP contribution in [0.2, 0.25) is 0 Å². The minimum Gasteiger partial charge on any atom is -0.481 e. The van der Waals surface area contributed by atoms with E-state index in [-0.39, 0.29) is 29.2 Å². The van der Waals surface area contributed by atoms with Crippen LogP contribution in [-0.4, -0.2) is 29.1 Å². The first-order chi connectivity index (χ1) is 9.71. The van der Waals surface area contributed by atoms with Crippen molar-refractivity contribution in [3.63, 3.8) is 0 Å². The smallest absolute Gasteiger partial charge is 0.307 e. The molecule has 5 heteroatoms. The van der Waals surface area contributed by atoms with Crippen molar-refractivity contribution in [3.8, 4) is 0 Å². The van der Waals surface area contributed by atoms with Gasteiger partial charge in [0.1, 0.15) is 0 Å². The lowest BCUT2D eigenvalue weighted by atomic mass is 9.61. The number of amides is 1. The molecule has 3 unspecified atom stereocenters. The van der Waals surface area contributed by atoms with Crippen LogP contribution in [0.25, 0.3) is 0 Å². The van der Waals surface area contributed by atoms with Crippen molar-refractivity contribution in [2.45, 2.75) is 71.9 Å². The van der Waals surface area contributed by atoms with Crippen LogP contribution in [0.15, 0.2) is 0 Å². The standard InChI is InChI=1S/C16H30N2O3/c1-5-6-7-12(17)14(19)18-13-9-8-11(15(20)21)16(3,4)10(13)2/h10-13H,5-9,17H2,1-4H3,(H,18,19)(H,20,21)/t10?,11?,12-,13?/m0/s1. The summed E-state index contributed by atoms with van der Waals surface area (Å²) in [6.45, 7) is 8.05. The summed E-state index contributed by atoms with van der Waals surface area (Å²) < 4.78 is 0. The average Bonchev–Trinajstić information content (AvgIpc) is 2.40. The van der Waals surface area contributed by atoms with E-state index < -0.39 is 12.0 Å². The monoisotopic (exact) mass is 298 g/mol. The van der Waals surface area contributed by atoms with Crippen molar-refractivity contribution >= 4 is 11.9 Å². The van der Waals surface area contributed by atoms with Gasteiger partial charge in [0.15, 0.2) is 0 Å². The molecule has 1 aliphatic rings. The van der Waals surface area contributed by atoms with Crippen molar-refractivity contribution < 1.29 is 14.7 Å². The molecule has 21 heavy (non-hydrogen) atoms. The molecule has 4 atom stereocenters. The normalized spacial score (nSPS) is 29.7. The lowest BCUT2D eigenvalue weighted by Crippen LogP contribution is -2.55. The van der Waals surface area contributed by atoms with E-state index in [2.05, 4.69) is 12.2 Å². The fraction of sp³-hybridized carbons (Fsp3) is 0.875. The molecular formula is C16H30N2O3. The predicted molar refractivity (Wildman–Crippen MR) is 82.7 cm³/mol. The maximum Gasteiger partial charge on any atom is 0.307 e. The lowest BCUT2D eigenvalue weighted by Gasteiger charge is -2.46. The third-order valence-corrected chi connectivity index (χ3v) is 5.27. The molecule has 0 aliphatic heterocycles. The Labute approximate surface area is 127 Å². The van der Waals surface area contributed by atoms with Gasteiger partial charge in [-0.05, 0) is 30.6 Å². The molecule has 0 aromatic heterocycles. The fourth-order valence-electron chi connectivity index (χ4n) is 3.29. The van der Waals surface area contributed by atoms with Gasteiger partial charge in [0, 0.05) is 6.04 Å². The highest BCUT2D eigenvalue weighted by Gasteiger charge is 2.46. The van der Waals surface area contributed by atoms with E-state index in [4.69, 9.17) is 5.73 Å². The van der Waals surface area contributed by atoms with Crippen molar-refractivity contribution in [1.29, 1.82) is 0 Å². The van der Waals surface area contributed by atoms with E-state index in [9.17, 15) is 14.7 Å². The van der Waals surface area contributed by atoms with Gasteiger partial charge >= 0.3 is 5.97 Å². The van der Waals surface area contributed by atoms with E-state index in [0.29, 0.717) is 19.3 Å². The summed E-state index contributed by atoms with van der Waals surface area (Å²) in [5, 5.41) is 12.4. The molecule has 0 heterocycles. The Morgan fingerprint density at radius 3 is 2.52 bits per heavy atom. The number of aliphatic carboxylic acids is 1. The summed E-state index contributed by atoms with van der Waals surface area (Å²) in [6, 6.07) is -0.451. The third kappa shape index (κ3) is 4.19. The van der Waals surface area contributed by atoms with Crippen LogP contribution in [0.5, 0.6) is 0 Å². The number of nitrogens with one attached hydrogen (secondary N) is 1. The van der Waals surface area contributed by atoms with Crippen LogP contribution in [0.3, 0.4) is 0 Å². The van der Waals surface area contributed by atoms with Crippen molar-refractivity contribution in [1.82, 2.24) is 5.32 Å². The minimum atomic E-state index is -0.740. The van der Waals surface area contributed by atoms with Crippen LogP contribution in [0.4, 0.5) is 0 Å². The molecule has 1 fully saturated rings. The molecule has 0 radical (unpaired) electrons. The van der Waals surface area contributed by atoms with Crippen LogP contribution < -0.4 is 11.1 Å². The van der Waals surface area contributed by atoms with Gasteiger partial charge in [0.05, 0.1) is 12.0 Å². The summed E-state index contributed by atoms with van der Waals surface area (Å²) in [6.07, 6.45) is 3.97. The zero-order chi connectivity index (χ0) is 16.2. The Bertz CT molecular complexity index is 382. The first-order valence-electron chi connectivity index (χ1n) is 8.00. The zero-order valence-corrected chi connectivity index (χ0v) is 13.7. The van der Waals surface area contributed by atoms with Gasteiger partial charge in [-0.25, -0.2) is 0 Å². The molecule has 1 rings (SSSR count). The number of rotatable bonds is 6. The largest absolute Gasteiger partial charge is 0.481 e. The fourth-order valence-corrected chi connectivity index (χ4v) is 3.29. The van der Waals surface area contributed by atoms with Crippen LogP contribution in [0, 0.1) is 17.3 Å². The Hall–Kier alpha value is -1.10. The van der Waals surface area contributed by atoms with Crippen LogP contribution in [0.1, 0.15) is 59.8 Å². The highest BCUT2D eigenvalue weighted by Crippen LogP contribution is 2.45. The van der Waals surface area contributed by atoms with Gasteiger partial charge in [-0.3, -0.25) is 9.59 Å². The second-order valence-corrected chi connectivity index (χ2v) is 6.94. The Morgan fingerprint density at radius 2 is 2.00 bits per heavy atom. The Balaban J connectivity index is 2.66. The van der Waals surface area contributed by atoms with Gasteiger partial charge in [0.2, 0.25) is 5.91 Å². The van der Waals surface area contributed by atoms with E-state index in [1.54, 1.807) is 0 Å². The highest BCUT2D eigenvalue weighted by atomic mass is 16.4. The zero-order valence-electron chi connectivity index (χ0n) is 13.7. The molecule has 1 saturated carbocycles. The molecule has 0 spiro atoms. The van der Waals surface area contributed by atoms with Crippen molar-refractivity contribution in [2.75, 3.05) is 0 Å². The molecule has 4 N–H and O–H groups in total. The molecule has 0 aromatic carbocycles. The molecule has 122 valence electrons. The van der Waals surface area contributed by atoms with E-state index in [0.717, 1.165) is 12.8 Å². The molecule has 0 bridgehead atoms. The van der Waals surface area contributed by atoms with E-state index in [1.807, 2.05) is 20.8 Å². The van der Waals surface area contributed by atoms with Gasteiger partial charge in [-0.1, -0.05) is 40.5 Å². The average molecular weight is 298 g/mol. The number of carboxylic acid groups (broad SMARTS) is 1. The summed E-state index contributed by atoms with van der Waals surface area (Å²) in [5.41, 5.74) is 5.57. The van der Waals surface area contributed by atoms with Gasteiger partial charge in [-0.2, -0.15) is 0 Å². The SMILES string of the molecule is CCCC[C@H](N)C(=O)NC1CCC(C(=O)O)C(C)(C)C1C. The molecular weight excluding hydrogens is 268 g/mol. The molecule has 0 saturated heterocycles. The predicted octanol–water partition coefficient (Wildman–Crippen LogP) is 2.15. The third-order valence-electron chi connectivity index (χ3n) is 5.27. The summed E-state index contributed by atoms with van der Waals surface area (Å²) >= 11 is 0. The van der Waals surface area contributed by atoms with Gasteiger partial charge in [-0.15, -0.1) is 0 Å². The quantitative estimate of drug-likeness (QED) is 0.700. The first kappa shape index (κ1) is 18.0. The molecule has 1 aliphatic carbocycles. The minimum absolute atomic E-state index is 0.00998. The second-order valence-electron chi connectivity index (χ2n) is 6.94. The van der Waals surface area contributed by atoms with Gasteiger partial charge < -0.3 is 16.2 Å². The highest BCUT2D eigenvalue weighted by molar-refractivity contribution is 5.81. The van der Waals surface area contributed by atoms with Crippen molar-refractivity contribution in [2.24, 2.45) is 23.0 Å². The topological polar surface area (TPSA) is 92.4 Å². The van der Waals surface area contributed by atoms with Crippen LogP contribution >= 0.6 is 0 Å². The Morgan fingerprint density at radius 1 is 1.38 bits per heavy atom. The number of carboxylic acids is 1. The Kier molecular flexibility index (Phi) is 6.20. The summed E-state index contributed by atoms with van der Waals surface area (Å²) in [5.74, 6) is -1.09. The van der Waals surface area contributed by atoms with E-state index in [1.165, 1.54) is 0 Å². The van der Waals surface area contributed by atoms with Crippen molar-refractivity contribution in [3.05, 3.63) is 0 Å². The number of carbonyl (C=O) groups is 2. The number of carbonyl (C=O) groups excluding carboxylic acids is 1. The van der Waals surface area contributed by atoms with Crippen LogP contribution in [-0.2, 0) is 9.59 Å². The summed E-state index contributed by atoms with van der Waals surface area (Å²) in [4.78, 5) is 23.5. The molecule has 5 nitrogen and oxygen atoms in total. The maximum absolute atomic E-state index is 12.1. The number of hydrogen-bond donors (Lipinski definition) is 3. The number of nitrogens with two attached hydrogens (primary N) is 1. The maximum atomic E-state index is 12.1.